The summed E-state index contributed by atoms with van der Waals surface area (Å²) in [6, 6.07) is 0. The van der Waals surface area contributed by atoms with E-state index in [1.54, 1.807) is 0 Å². The van der Waals surface area contributed by atoms with Crippen LogP contribution >= 0.6 is 0 Å². The third-order valence-electron chi connectivity index (χ3n) is 5.39. The summed E-state index contributed by atoms with van der Waals surface area (Å²) < 4.78 is 0. The number of nitrogens with one attached hydrogen (secondary N) is 2. The number of likely N-dealkylation sites (tertiary alicyclic amines) is 2. The van der Waals surface area contributed by atoms with Crippen LogP contribution in [0.15, 0.2) is 4.99 Å². The van der Waals surface area contributed by atoms with Gasteiger partial charge in [0.2, 0.25) is 0 Å². The average molecular weight is 324 g/mol. The maximum absolute atomic E-state index is 4.35. The van der Waals surface area contributed by atoms with Crippen LogP contribution in [0.2, 0.25) is 0 Å². The summed E-state index contributed by atoms with van der Waals surface area (Å²) in [7, 11) is 1.87. The first-order chi connectivity index (χ1) is 11.3. The summed E-state index contributed by atoms with van der Waals surface area (Å²) in [6.45, 7) is 11.7. The molecule has 2 fully saturated rings. The van der Waals surface area contributed by atoms with Gasteiger partial charge in [-0.25, -0.2) is 0 Å². The number of aliphatic imine (C=N–C) groups is 1. The smallest absolute Gasteiger partial charge is 0.191 e. The molecule has 5 nitrogen and oxygen atoms in total. The number of rotatable bonds is 7. The van der Waals surface area contributed by atoms with Gasteiger partial charge in [-0.05, 0) is 70.7 Å². The maximum Gasteiger partial charge on any atom is 0.191 e. The molecule has 5 heteroatoms. The Bertz CT molecular complexity index is 330. The molecule has 0 amide bonds. The van der Waals surface area contributed by atoms with Crippen LogP contribution < -0.4 is 10.6 Å². The molecule has 0 atom stereocenters. The minimum atomic E-state index is 0.886. The number of piperidine rings is 2. The summed E-state index contributed by atoms with van der Waals surface area (Å²) in [5, 5.41) is 6.95. The predicted molar refractivity (Wildman–Crippen MR) is 99.1 cm³/mol. The summed E-state index contributed by atoms with van der Waals surface area (Å²) in [6.07, 6.45) is 8.12. The van der Waals surface area contributed by atoms with Crippen LogP contribution in [-0.4, -0.2) is 75.2 Å². The lowest BCUT2D eigenvalue weighted by Crippen LogP contribution is -2.43. The van der Waals surface area contributed by atoms with Crippen LogP contribution in [0.1, 0.15) is 45.4 Å². The fraction of sp³-hybridized carbons (Fsp3) is 0.944. The maximum atomic E-state index is 4.35. The van der Waals surface area contributed by atoms with Gasteiger partial charge in [0.25, 0.3) is 0 Å². The van der Waals surface area contributed by atoms with Gasteiger partial charge < -0.3 is 20.4 Å². The number of guanidine groups is 1. The van der Waals surface area contributed by atoms with Crippen LogP contribution in [0.3, 0.4) is 0 Å². The van der Waals surface area contributed by atoms with Gasteiger partial charge in [0, 0.05) is 26.7 Å². The van der Waals surface area contributed by atoms with Crippen LogP contribution in [0.25, 0.3) is 0 Å². The van der Waals surface area contributed by atoms with Crippen molar-refractivity contribution in [1.82, 2.24) is 20.4 Å². The van der Waals surface area contributed by atoms with Crippen LogP contribution in [0.5, 0.6) is 0 Å². The molecule has 0 aromatic heterocycles. The van der Waals surface area contributed by atoms with Gasteiger partial charge in [-0.1, -0.05) is 13.3 Å². The second kappa shape index (κ2) is 10.9. The van der Waals surface area contributed by atoms with Crippen LogP contribution in [0, 0.1) is 5.92 Å². The van der Waals surface area contributed by atoms with Crippen molar-refractivity contribution in [2.24, 2.45) is 10.9 Å². The fourth-order valence-electron chi connectivity index (χ4n) is 3.72. The zero-order chi connectivity index (χ0) is 16.3. The van der Waals surface area contributed by atoms with Crippen LogP contribution in [-0.2, 0) is 0 Å². The van der Waals surface area contributed by atoms with Crippen molar-refractivity contribution in [3.63, 3.8) is 0 Å². The van der Waals surface area contributed by atoms with Gasteiger partial charge in [0.15, 0.2) is 5.96 Å². The summed E-state index contributed by atoms with van der Waals surface area (Å²) in [5.74, 6) is 1.85. The van der Waals surface area contributed by atoms with E-state index in [4.69, 9.17) is 0 Å². The van der Waals surface area contributed by atoms with E-state index >= 15 is 0 Å². The average Bonchev–Trinajstić information content (AvgIpc) is 2.62. The fourth-order valence-corrected chi connectivity index (χ4v) is 3.72. The minimum absolute atomic E-state index is 0.886. The summed E-state index contributed by atoms with van der Waals surface area (Å²) in [5.41, 5.74) is 0. The molecule has 0 radical (unpaired) electrons. The second-order valence-electron chi connectivity index (χ2n) is 6.99. The molecule has 134 valence electrons. The lowest BCUT2D eigenvalue weighted by Gasteiger charge is -2.31. The Morgan fingerprint density at radius 1 is 0.957 bits per heavy atom. The van der Waals surface area contributed by atoms with Crippen molar-refractivity contribution in [3.05, 3.63) is 0 Å². The highest BCUT2D eigenvalue weighted by Gasteiger charge is 2.17. The Kier molecular flexibility index (Phi) is 8.76. The number of hydrogen-bond donors (Lipinski definition) is 2. The second-order valence-corrected chi connectivity index (χ2v) is 6.99. The van der Waals surface area contributed by atoms with Gasteiger partial charge in [-0.2, -0.15) is 0 Å². The molecule has 0 unspecified atom stereocenters. The predicted octanol–water partition coefficient (Wildman–Crippen LogP) is 1.76. The van der Waals surface area contributed by atoms with E-state index in [1.807, 2.05) is 7.05 Å². The molecule has 0 saturated carbocycles. The van der Waals surface area contributed by atoms with Gasteiger partial charge in [0.05, 0.1) is 0 Å². The number of nitrogens with zero attached hydrogens (tertiary/aromatic N) is 3. The molecule has 2 aliphatic heterocycles. The topological polar surface area (TPSA) is 42.9 Å². The lowest BCUT2D eigenvalue weighted by molar-refractivity contribution is 0.187. The monoisotopic (exact) mass is 323 g/mol. The van der Waals surface area contributed by atoms with Gasteiger partial charge in [-0.3, -0.25) is 4.99 Å². The van der Waals surface area contributed by atoms with E-state index in [-0.39, 0.29) is 0 Å². The first-order valence-electron chi connectivity index (χ1n) is 9.71. The van der Waals surface area contributed by atoms with Crippen molar-refractivity contribution in [3.8, 4) is 0 Å². The van der Waals surface area contributed by atoms with E-state index in [2.05, 4.69) is 32.3 Å². The molecular formula is C18H37N5. The third-order valence-corrected chi connectivity index (χ3v) is 5.39. The number of hydrogen-bond acceptors (Lipinski definition) is 3. The molecule has 0 aromatic carbocycles. The molecule has 0 aromatic rings. The standard InChI is InChI=1S/C18H37N5/c1-3-22-14-8-17(9-15-22)7-10-20-18(19-2)21-11-16-23-12-5-4-6-13-23/h17H,3-16H2,1-2H3,(H2,19,20,21). The molecule has 0 bridgehead atoms. The van der Waals surface area contributed by atoms with Gasteiger partial charge in [-0.15, -0.1) is 0 Å². The molecular weight excluding hydrogens is 286 g/mol. The zero-order valence-corrected chi connectivity index (χ0v) is 15.3. The van der Waals surface area contributed by atoms with E-state index in [1.165, 1.54) is 71.2 Å². The van der Waals surface area contributed by atoms with E-state index in [0.29, 0.717) is 0 Å². The summed E-state index contributed by atoms with van der Waals surface area (Å²) >= 11 is 0. The molecule has 0 spiro atoms. The quantitative estimate of drug-likeness (QED) is 0.553. The lowest BCUT2D eigenvalue weighted by atomic mass is 9.93. The Hall–Kier alpha value is -0.810. The van der Waals surface area contributed by atoms with E-state index < -0.39 is 0 Å². The van der Waals surface area contributed by atoms with Crippen molar-refractivity contribution < 1.29 is 0 Å². The largest absolute Gasteiger partial charge is 0.356 e. The molecule has 2 saturated heterocycles. The molecule has 2 aliphatic rings. The molecule has 0 aliphatic carbocycles. The Labute approximate surface area is 142 Å². The van der Waals surface area contributed by atoms with E-state index in [9.17, 15) is 0 Å². The molecule has 23 heavy (non-hydrogen) atoms. The first-order valence-corrected chi connectivity index (χ1v) is 9.71. The first kappa shape index (κ1) is 18.5. The highest BCUT2D eigenvalue weighted by molar-refractivity contribution is 5.79. The van der Waals surface area contributed by atoms with Gasteiger partial charge in [0.1, 0.15) is 0 Å². The van der Waals surface area contributed by atoms with Crippen molar-refractivity contribution >= 4 is 5.96 Å². The Morgan fingerprint density at radius 2 is 1.65 bits per heavy atom. The molecule has 2 rings (SSSR count). The highest BCUT2D eigenvalue weighted by atomic mass is 15.2. The minimum Gasteiger partial charge on any atom is -0.356 e. The van der Waals surface area contributed by atoms with Gasteiger partial charge >= 0.3 is 0 Å². The van der Waals surface area contributed by atoms with Crippen molar-refractivity contribution in [2.75, 3.05) is 59.4 Å². The third kappa shape index (κ3) is 7.08. The molecule has 2 heterocycles. The van der Waals surface area contributed by atoms with Crippen molar-refractivity contribution in [1.29, 1.82) is 0 Å². The summed E-state index contributed by atoms with van der Waals surface area (Å²) in [4.78, 5) is 9.47. The Balaban J connectivity index is 1.52. The zero-order valence-electron chi connectivity index (χ0n) is 15.3. The SMILES string of the molecule is CCN1CCC(CCNC(=NC)NCCN2CCCCC2)CC1. The normalized spacial score (nSPS) is 22.3. The van der Waals surface area contributed by atoms with Crippen LogP contribution in [0.4, 0.5) is 0 Å². The van der Waals surface area contributed by atoms with Crippen molar-refractivity contribution in [2.45, 2.75) is 45.4 Å². The molecule has 2 N–H and O–H groups in total. The van der Waals surface area contributed by atoms with E-state index in [0.717, 1.165) is 31.5 Å². The highest BCUT2D eigenvalue weighted by Crippen LogP contribution is 2.19. The Morgan fingerprint density at radius 3 is 2.30 bits per heavy atom.